The van der Waals surface area contributed by atoms with Crippen molar-refractivity contribution in [3.63, 3.8) is 0 Å². The molecule has 1 aliphatic rings. The molecule has 0 bridgehead atoms. The fourth-order valence-corrected chi connectivity index (χ4v) is 2.83. The molecule has 5 nitrogen and oxygen atoms in total. The number of nitrogens with zero attached hydrogens (tertiary/aromatic N) is 2. The quantitative estimate of drug-likeness (QED) is 0.920. The van der Waals surface area contributed by atoms with Crippen molar-refractivity contribution >= 4 is 23.2 Å². The van der Waals surface area contributed by atoms with Gasteiger partial charge in [-0.25, -0.2) is 8.78 Å². The van der Waals surface area contributed by atoms with Crippen molar-refractivity contribution in [1.29, 1.82) is 0 Å². The maximum atomic E-state index is 14.4. The van der Waals surface area contributed by atoms with Gasteiger partial charge in [0.2, 0.25) is 5.91 Å². The van der Waals surface area contributed by atoms with Crippen LogP contribution in [0, 0.1) is 11.6 Å². The Balaban J connectivity index is 1.99. The van der Waals surface area contributed by atoms with E-state index >= 15 is 0 Å². The van der Waals surface area contributed by atoms with Gasteiger partial charge in [0.15, 0.2) is 5.82 Å². The van der Waals surface area contributed by atoms with Crippen LogP contribution in [-0.4, -0.2) is 23.8 Å². The van der Waals surface area contributed by atoms with E-state index in [4.69, 9.17) is 0 Å². The number of hydrogen-bond donors (Lipinski definition) is 1. The van der Waals surface area contributed by atoms with Crippen molar-refractivity contribution in [1.82, 2.24) is 4.98 Å². The Morgan fingerprint density at radius 2 is 1.96 bits per heavy atom. The van der Waals surface area contributed by atoms with Crippen LogP contribution in [0.5, 0.6) is 0 Å². The smallest absolute Gasteiger partial charge is 0.258 e. The first kappa shape index (κ1) is 16.0. The third-order valence-electron chi connectivity index (χ3n) is 4.22. The number of carbonyl (C=O) groups excluding carboxylic acids is 2. The number of pyridine rings is 1. The van der Waals surface area contributed by atoms with E-state index in [2.05, 4.69) is 10.3 Å². The van der Waals surface area contributed by atoms with Gasteiger partial charge >= 0.3 is 0 Å². The van der Waals surface area contributed by atoms with Gasteiger partial charge in [-0.3, -0.25) is 14.6 Å². The number of anilines is 2. The highest BCUT2D eigenvalue weighted by Crippen LogP contribution is 2.42. The largest absolute Gasteiger partial charge is 0.319 e. The highest BCUT2D eigenvalue weighted by molar-refractivity contribution is 6.09. The van der Waals surface area contributed by atoms with E-state index in [9.17, 15) is 18.4 Å². The first-order chi connectivity index (χ1) is 11.2. The molecule has 0 fully saturated rings. The zero-order chi connectivity index (χ0) is 17.6. The highest BCUT2D eigenvalue weighted by Gasteiger charge is 2.43. The lowest BCUT2D eigenvalue weighted by Gasteiger charge is -2.16. The molecule has 7 heteroatoms. The number of carbonyl (C=O) groups is 2. The van der Waals surface area contributed by atoms with E-state index in [1.807, 2.05) is 0 Å². The van der Waals surface area contributed by atoms with Gasteiger partial charge < -0.3 is 10.2 Å². The number of hydrogen-bond acceptors (Lipinski definition) is 3. The second-order valence-electron chi connectivity index (χ2n) is 6.15. The second-order valence-corrected chi connectivity index (χ2v) is 6.15. The molecule has 0 unspecified atom stereocenters. The Hall–Kier alpha value is -2.83. The minimum atomic E-state index is -0.843. The molecular formula is C17H15F2N3O2. The van der Waals surface area contributed by atoms with Crippen LogP contribution in [0.15, 0.2) is 30.6 Å². The first-order valence-corrected chi connectivity index (χ1v) is 7.26. The monoisotopic (exact) mass is 331 g/mol. The molecular weight excluding hydrogens is 316 g/mol. The van der Waals surface area contributed by atoms with Crippen LogP contribution in [0.2, 0.25) is 0 Å². The summed E-state index contributed by atoms with van der Waals surface area (Å²) in [6, 6.07) is 3.82. The number of halogens is 2. The molecule has 1 aliphatic heterocycles. The predicted octanol–water partition coefficient (Wildman–Crippen LogP) is 2.87. The van der Waals surface area contributed by atoms with Crippen LogP contribution >= 0.6 is 0 Å². The van der Waals surface area contributed by atoms with Crippen molar-refractivity contribution in [3.05, 3.63) is 53.4 Å². The van der Waals surface area contributed by atoms with Crippen LogP contribution in [0.25, 0.3) is 0 Å². The third kappa shape index (κ3) is 2.33. The number of rotatable bonds is 2. The topological polar surface area (TPSA) is 62.3 Å². The fourth-order valence-electron chi connectivity index (χ4n) is 2.83. The van der Waals surface area contributed by atoms with Crippen molar-refractivity contribution in [2.75, 3.05) is 17.3 Å². The Morgan fingerprint density at radius 1 is 1.25 bits per heavy atom. The van der Waals surface area contributed by atoms with Crippen LogP contribution < -0.4 is 10.2 Å². The van der Waals surface area contributed by atoms with E-state index in [0.29, 0.717) is 11.3 Å². The van der Waals surface area contributed by atoms with Gasteiger partial charge in [0.1, 0.15) is 5.82 Å². The summed E-state index contributed by atoms with van der Waals surface area (Å²) in [5, 5.41) is 2.34. The summed E-state index contributed by atoms with van der Waals surface area (Å²) in [6.07, 6.45) is 2.18. The van der Waals surface area contributed by atoms with Gasteiger partial charge in [-0.15, -0.1) is 0 Å². The Kier molecular flexibility index (Phi) is 3.59. The molecule has 0 saturated heterocycles. The Morgan fingerprint density at radius 3 is 2.62 bits per heavy atom. The standard InChI is InChI=1S/C17H15F2N3O2/c1-17(2)10-6-11(18)13(7-14(10)22(3)16(17)24)21-15(23)9-4-5-20-8-12(9)19/h4-8H,1-3H3,(H,21,23). The van der Waals surface area contributed by atoms with E-state index in [1.54, 1.807) is 20.9 Å². The van der Waals surface area contributed by atoms with Gasteiger partial charge in [-0.2, -0.15) is 0 Å². The zero-order valence-corrected chi connectivity index (χ0v) is 13.4. The molecule has 124 valence electrons. The number of nitrogens with one attached hydrogen (secondary N) is 1. The Labute approximate surface area is 137 Å². The van der Waals surface area contributed by atoms with E-state index < -0.39 is 23.0 Å². The number of aromatic nitrogens is 1. The summed E-state index contributed by atoms with van der Waals surface area (Å²) in [7, 11) is 1.59. The predicted molar refractivity (Wildman–Crippen MR) is 85.0 cm³/mol. The van der Waals surface area contributed by atoms with Gasteiger partial charge in [-0.1, -0.05) is 0 Å². The highest BCUT2D eigenvalue weighted by atomic mass is 19.1. The molecule has 1 N–H and O–H groups in total. The van der Waals surface area contributed by atoms with Crippen LogP contribution in [0.1, 0.15) is 29.8 Å². The molecule has 0 radical (unpaired) electrons. The van der Waals surface area contributed by atoms with Crippen molar-refractivity contribution in [2.45, 2.75) is 19.3 Å². The molecule has 2 amide bonds. The van der Waals surface area contributed by atoms with Gasteiger partial charge in [0.25, 0.3) is 5.91 Å². The summed E-state index contributed by atoms with van der Waals surface area (Å²) in [5.74, 6) is -2.45. The molecule has 2 aromatic rings. The van der Waals surface area contributed by atoms with Gasteiger partial charge in [-0.05, 0) is 37.6 Å². The van der Waals surface area contributed by atoms with Gasteiger partial charge in [0, 0.05) is 18.9 Å². The van der Waals surface area contributed by atoms with Gasteiger partial charge in [0.05, 0.1) is 22.9 Å². The maximum absolute atomic E-state index is 14.4. The first-order valence-electron chi connectivity index (χ1n) is 7.26. The summed E-state index contributed by atoms with van der Waals surface area (Å²) in [5.41, 5.74) is -0.149. The number of amides is 2. The van der Waals surface area contributed by atoms with Crippen molar-refractivity contribution < 1.29 is 18.4 Å². The molecule has 24 heavy (non-hydrogen) atoms. The fraction of sp³-hybridized carbons (Fsp3) is 0.235. The molecule has 3 rings (SSSR count). The molecule has 0 spiro atoms. The van der Waals surface area contributed by atoms with E-state index in [0.717, 1.165) is 6.20 Å². The molecule has 0 aliphatic carbocycles. The van der Waals surface area contributed by atoms with Crippen LogP contribution in [-0.2, 0) is 10.2 Å². The van der Waals surface area contributed by atoms with E-state index in [-0.39, 0.29) is 17.2 Å². The molecule has 1 aromatic heterocycles. The normalized spacial score (nSPS) is 15.4. The zero-order valence-electron chi connectivity index (χ0n) is 13.4. The molecule has 1 aromatic carbocycles. The molecule has 0 saturated carbocycles. The minimum Gasteiger partial charge on any atom is -0.319 e. The SMILES string of the molecule is CN1C(=O)C(C)(C)c2cc(F)c(NC(=O)c3ccncc3F)cc21. The average Bonchev–Trinajstić information content (AvgIpc) is 2.69. The van der Waals surface area contributed by atoms with Crippen LogP contribution in [0.4, 0.5) is 20.2 Å². The minimum absolute atomic E-state index is 0.118. The van der Waals surface area contributed by atoms with Crippen molar-refractivity contribution in [2.24, 2.45) is 0 Å². The lowest BCUT2D eigenvalue weighted by molar-refractivity contribution is -0.121. The summed E-state index contributed by atoms with van der Waals surface area (Å²) in [6.45, 7) is 3.42. The molecule has 2 heterocycles. The lowest BCUT2D eigenvalue weighted by atomic mass is 9.86. The van der Waals surface area contributed by atoms with Crippen LogP contribution in [0.3, 0.4) is 0 Å². The Bertz CT molecular complexity index is 865. The third-order valence-corrected chi connectivity index (χ3v) is 4.22. The number of fused-ring (bicyclic) bond motifs is 1. The summed E-state index contributed by atoms with van der Waals surface area (Å²) < 4.78 is 28.0. The van der Waals surface area contributed by atoms with Crippen molar-refractivity contribution in [3.8, 4) is 0 Å². The summed E-state index contributed by atoms with van der Waals surface area (Å²) >= 11 is 0. The average molecular weight is 331 g/mol. The second kappa shape index (κ2) is 5.36. The lowest BCUT2D eigenvalue weighted by Crippen LogP contribution is -2.33. The number of likely N-dealkylation sites (N-methyl/N-ethyl adjacent to an activating group) is 1. The molecule has 0 atom stereocenters. The summed E-state index contributed by atoms with van der Waals surface area (Å²) in [4.78, 5) is 29.4. The van der Waals surface area contributed by atoms with E-state index in [1.165, 1.54) is 29.3 Å². The maximum Gasteiger partial charge on any atom is 0.258 e. The number of benzene rings is 1.